The van der Waals surface area contributed by atoms with Gasteiger partial charge in [-0.2, -0.15) is 0 Å². The summed E-state index contributed by atoms with van der Waals surface area (Å²) in [5.74, 6) is -0.637. The summed E-state index contributed by atoms with van der Waals surface area (Å²) in [4.78, 5) is 24.1. The van der Waals surface area contributed by atoms with Gasteiger partial charge in [-0.05, 0) is 44.4 Å². The fourth-order valence-corrected chi connectivity index (χ4v) is 2.89. The largest absolute Gasteiger partial charge is 0.468 e. The number of anilines is 1. The fraction of sp³-hybridized carbons (Fsp3) is 0.529. The zero-order chi connectivity index (χ0) is 17.6. The number of methoxy groups -OCH3 is 1. The van der Waals surface area contributed by atoms with Crippen molar-refractivity contribution in [2.45, 2.75) is 46.1 Å². The Bertz CT molecular complexity index is 566. The number of nitrogens with one attached hydrogen (secondary N) is 2. The molecule has 0 radical (unpaired) electrons. The van der Waals surface area contributed by atoms with Crippen LogP contribution in [0.5, 0.6) is 0 Å². The molecule has 23 heavy (non-hydrogen) atoms. The Morgan fingerprint density at radius 1 is 1.30 bits per heavy atom. The molecular weight excluding hydrogens is 316 g/mol. The normalized spacial score (nSPS) is 13.3. The summed E-state index contributed by atoms with van der Waals surface area (Å²) >= 11 is 6.18. The molecule has 0 aliphatic rings. The molecule has 1 amide bonds. The van der Waals surface area contributed by atoms with E-state index in [9.17, 15) is 9.59 Å². The summed E-state index contributed by atoms with van der Waals surface area (Å²) in [5.41, 5.74) is 1.64. The number of hydrogen-bond donors (Lipinski definition) is 2. The average molecular weight is 341 g/mol. The third-order valence-corrected chi connectivity index (χ3v) is 4.02. The molecule has 0 heterocycles. The lowest BCUT2D eigenvalue weighted by Gasteiger charge is -2.27. The number of hydrogen-bond acceptors (Lipinski definition) is 4. The van der Waals surface area contributed by atoms with Crippen molar-refractivity contribution in [2.75, 3.05) is 19.0 Å². The third-order valence-electron chi connectivity index (χ3n) is 3.72. The lowest BCUT2D eigenvalue weighted by Crippen LogP contribution is -2.52. The van der Waals surface area contributed by atoms with Crippen molar-refractivity contribution in [3.05, 3.63) is 28.3 Å². The lowest BCUT2D eigenvalue weighted by atomic mass is 9.96. The molecule has 0 unspecified atom stereocenters. The zero-order valence-corrected chi connectivity index (χ0v) is 15.1. The summed E-state index contributed by atoms with van der Waals surface area (Å²) in [6, 6.07) is 3.75. The van der Waals surface area contributed by atoms with Gasteiger partial charge >= 0.3 is 5.97 Å². The molecule has 1 atom stereocenters. The van der Waals surface area contributed by atoms with Crippen LogP contribution < -0.4 is 10.6 Å². The van der Waals surface area contributed by atoms with E-state index in [0.29, 0.717) is 17.1 Å². The van der Waals surface area contributed by atoms with Crippen molar-refractivity contribution >= 4 is 29.2 Å². The maximum absolute atomic E-state index is 12.2. The van der Waals surface area contributed by atoms with Crippen molar-refractivity contribution < 1.29 is 14.3 Å². The van der Waals surface area contributed by atoms with Gasteiger partial charge in [-0.25, -0.2) is 0 Å². The van der Waals surface area contributed by atoms with Gasteiger partial charge in [-0.1, -0.05) is 31.0 Å². The summed E-state index contributed by atoms with van der Waals surface area (Å²) in [6.45, 7) is 7.53. The van der Waals surface area contributed by atoms with Crippen molar-refractivity contribution in [3.8, 4) is 0 Å². The molecule has 0 spiro atoms. The maximum Gasteiger partial charge on any atom is 0.325 e. The zero-order valence-electron chi connectivity index (χ0n) is 14.4. The molecule has 0 saturated carbocycles. The van der Waals surface area contributed by atoms with Crippen LogP contribution in [0.25, 0.3) is 0 Å². The number of benzene rings is 1. The van der Waals surface area contributed by atoms with Crippen molar-refractivity contribution in [1.82, 2.24) is 5.32 Å². The second-order valence-electron chi connectivity index (χ2n) is 5.91. The molecule has 1 aromatic rings. The predicted molar refractivity (Wildman–Crippen MR) is 92.9 cm³/mol. The molecule has 0 aliphatic carbocycles. The molecule has 2 N–H and O–H groups in total. The average Bonchev–Trinajstić information content (AvgIpc) is 2.48. The van der Waals surface area contributed by atoms with E-state index in [1.54, 1.807) is 13.0 Å². The van der Waals surface area contributed by atoms with Gasteiger partial charge in [-0.3, -0.25) is 14.9 Å². The van der Waals surface area contributed by atoms with Crippen LogP contribution in [0.3, 0.4) is 0 Å². The molecule has 6 heteroatoms. The number of carbonyl (C=O) groups is 2. The van der Waals surface area contributed by atoms with Gasteiger partial charge in [-0.15, -0.1) is 0 Å². The van der Waals surface area contributed by atoms with Crippen LogP contribution in [0, 0.1) is 13.8 Å². The van der Waals surface area contributed by atoms with E-state index in [1.165, 1.54) is 7.11 Å². The molecule has 1 aromatic carbocycles. The van der Waals surface area contributed by atoms with Crippen LogP contribution >= 0.6 is 11.6 Å². The molecule has 5 nitrogen and oxygen atoms in total. The van der Waals surface area contributed by atoms with Crippen LogP contribution in [-0.2, 0) is 14.3 Å². The highest BCUT2D eigenvalue weighted by Gasteiger charge is 2.33. The number of rotatable bonds is 7. The fourth-order valence-electron chi connectivity index (χ4n) is 2.52. The minimum atomic E-state index is -0.882. The van der Waals surface area contributed by atoms with Gasteiger partial charge in [0.1, 0.15) is 5.54 Å². The molecule has 0 aliphatic heterocycles. The quantitative estimate of drug-likeness (QED) is 0.748. The van der Waals surface area contributed by atoms with E-state index in [2.05, 4.69) is 10.6 Å². The van der Waals surface area contributed by atoms with Gasteiger partial charge in [0.2, 0.25) is 5.91 Å². The van der Waals surface area contributed by atoms with E-state index in [1.807, 2.05) is 26.8 Å². The first-order valence-electron chi connectivity index (χ1n) is 7.63. The first-order valence-corrected chi connectivity index (χ1v) is 8.01. The van der Waals surface area contributed by atoms with Crippen LogP contribution in [0.4, 0.5) is 5.69 Å². The first kappa shape index (κ1) is 19.5. The van der Waals surface area contributed by atoms with Gasteiger partial charge < -0.3 is 10.1 Å². The monoisotopic (exact) mass is 340 g/mol. The number of ether oxygens (including phenoxy) is 1. The number of carbonyl (C=O) groups excluding carboxylic acids is 2. The Balaban J connectivity index is 2.75. The Morgan fingerprint density at radius 2 is 1.96 bits per heavy atom. The Morgan fingerprint density at radius 3 is 2.48 bits per heavy atom. The van der Waals surface area contributed by atoms with E-state index in [4.69, 9.17) is 16.3 Å². The predicted octanol–water partition coefficient (Wildman–Crippen LogP) is 3.22. The van der Waals surface area contributed by atoms with Crippen LogP contribution in [0.2, 0.25) is 5.02 Å². The Labute approximate surface area is 142 Å². The number of aryl methyl sites for hydroxylation is 2. The van der Waals surface area contributed by atoms with E-state index >= 15 is 0 Å². The Kier molecular flexibility index (Phi) is 7.03. The summed E-state index contributed by atoms with van der Waals surface area (Å²) in [7, 11) is 1.34. The molecule has 0 fully saturated rings. The summed E-state index contributed by atoms with van der Waals surface area (Å²) in [5, 5.41) is 6.28. The molecule has 0 aromatic heterocycles. The minimum absolute atomic E-state index is 0.00472. The number of amides is 1. The highest BCUT2D eigenvalue weighted by atomic mass is 35.5. The highest BCUT2D eigenvalue weighted by Crippen LogP contribution is 2.27. The molecule has 1 rings (SSSR count). The van der Waals surface area contributed by atoms with Gasteiger partial charge in [0.15, 0.2) is 0 Å². The SMILES string of the molecule is CCC[C@](C)(NCC(=O)Nc1c(C)cc(C)cc1Cl)C(=O)OC. The topological polar surface area (TPSA) is 67.4 Å². The van der Waals surface area contributed by atoms with Crippen LogP contribution in [0.15, 0.2) is 12.1 Å². The van der Waals surface area contributed by atoms with Gasteiger partial charge in [0.05, 0.1) is 24.4 Å². The van der Waals surface area contributed by atoms with E-state index < -0.39 is 5.54 Å². The number of halogens is 1. The maximum atomic E-state index is 12.2. The van der Waals surface area contributed by atoms with Crippen molar-refractivity contribution in [2.24, 2.45) is 0 Å². The Hall–Kier alpha value is -1.59. The number of esters is 1. The van der Waals surface area contributed by atoms with E-state index in [-0.39, 0.29) is 18.4 Å². The standard InChI is InChI=1S/C17H25ClN2O3/c1-6-7-17(4,16(22)23-5)19-10-14(21)20-15-12(3)8-11(2)9-13(15)18/h8-9,19H,6-7,10H2,1-5H3,(H,20,21)/t17-/m0/s1. The lowest BCUT2D eigenvalue weighted by molar-refractivity contribution is -0.148. The third kappa shape index (κ3) is 5.22. The summed E-state index contributed by atoms with van der Waals surface area (Å²) in [6.07, 6.45) is 1.38. The van der Waals surface area contributed by atoms with Crippen LogP contribution in [0.1, 0.15) is 37.8 Å². The second-order valence-corrected chi connectivity index (χ2v) is 6.32. The van der Waals surface area contributed by atoms with E-state index in [0.717, 1.165) is 17.5 Å². The van der Waals surface area contributed by atoms with Crippen molar-refractivity contribution in [3.63, 3.8) is 0 Å². The van der Waals surface area contributed by atoms with Gasteiger partial charge in [0.25, 0.3) is 0 Å². The smallest absolute Gasteiger partial charge is 0.325 e. The molecule has 0 bridgehead atoms. The first-order chi connectivity index (χ1) is 10.7. The van der Waals surface area contributed by atoms with Crippen LogP contribution in [-0.4, -0.2) is 31.1 Å². The molecular formula is C17H25ClN2O3. The van der Waals surface area contributed by atoms with Crippen molar-refractivity contribution in [1.29, 1.82) is 0 Å². The molecule has 128 valence electrons. The highest BCUT2D eigenvalue weighted by molar-refractivity contribution is 6.34. The molecule has 0 saturated heterocycles. The second kappa shape index (κ2) is 8.31. The summed E-state index contributed by atoms with van der Waals surface area (Å²) < 4.78 is 4.82. The van der Waals surface area contributed by atoms with Gasteiger partial charge in [0, 0.05) is 0 Å². The minimum Gasteiger partial charge on any atom is -0.468 e.